The monoisotopic (exact) mass is 1470 g/mol. The van der Waals surface area contributed by atoms with E-state index in [0.29, 0.717) is 11.6 Å². The molecular weight excluding hydrogens is 1390 g/mol. The number of hydrogen-bond acceptors (Lipinski definition) is 17. The molecule has 0 amide bonds. The van der Waals surface area contributed by atoms with E-state index in [4.69, 9.17) is 36.4 Å². The minimum absolute atomic E-state index is 0. The number of carbonyl (C=O) groups excluding carboxylic acids is 1. The summed E-state index contributed by atoms with van der Waals surface area (Å²) in [5.41, 5.74) is 12.6. The van der Waals surface area contributed by atoms with Gasteiger partial charge in [0.25, 0.3) is 18.2 Å². The predicted octanol–water partition coefficient (Wildman–Crippen LogP) is 1.57. The minimum Gasteiger partial charge on any atom is -1.00 e. The van der Waals surface area contributed by atoms with Gasteiger partial charge in [0.15, 0.2) is 0 Å². The fourth-order valence-electron chi connectivity index (χ4n) is 6.87. The first-order valence-corrected chi connectivity index (χ1v) is 36.0. The molecule has 3 aromatic rings. The Hall–Kier alpha value is -3.93. The molecule has 3 aromatic heterocycles. The van der Waals surface area contributed by atoms with Crippen molar-refractivity contribution in [3.05, 3.63) is 72.2 Å². The number of likely N-dealkylation sites (N-methyl/N-ethyl adjacent to an activating group) is 2. The molecule has 0 radical (unpaired) electrons. The fraction of sp³-hybridized carbons (Fsp3) is 0.387. The van der Waals surface area contributed by atoms with E-state index in [1.54, 1.807) is 40.0 Å². The summed E-state index contributed by atoms with van der Waals surface area (Å²) < 4.78 is 16.3. The number of anilines is 1. The molecule has 0 spiro atoms. The van der Waals surface area contributed by atoms with E-state index in [9.17, 15) is 20.2 Å². The van der Waals surface area contributed by atoms with Crippen molar-refractivity contribution in [2.24, 2.45) is 0 Å². The maximum atomic E-state index is 10.9. The summed E-state index contributed by atoms with van der Waals surface area (Å²) in [7, 11) is 13.7. The van der Waals surface area contributed by atoms with Gasteiger partial charge in [0.05, 0.1) is 36.9 Å². The first kappa shape index (κ1) is 91.5. The normalized spacial score (nSPS) is 11.1. The van der Waals surface area contributed by atoms with E-state index in [2.05, 4.69) is 229 Å². The van der Waals surface area contributed by atoms with Gasteiger partial charge in [-0.2, -0.15) is 0 Å². The first-order chi connectivity index (χ1) is 42.0. The molecule has 6 rings (SSSR count). The van der Waals surface area contributed by atoms with Crippen molar-refractivity contribution >= 4 is 87.9 Å². The number of nitrogens with one attached hydrogen (secondary N) is 1. The molecule has 0 aliphatic carbocycles. The number of nitrogen functional groups attached to an aromatic ring is 1. The fourth-order valence-corrected chi connectivity index (χ4v) is 6.87. The Morgan fingerprint density at radius 2 is 0.955 bits per heavy atom. The zero-order valence-electron chi connectivity index (χ0n) is 53.3. The van der Waals surface area contributed by atoms with Crippen LogP contribution in [-0.4, -0.2) is 119 Å². The summed E-state index contributed by atoms with van der Waals surface area (Å²) in [6.45, 7) is 19.4. The first-order valence-electron chi connectivity index (χ1n) is 26.2. The van der Waals surface area contributed by atoms with Gasteiger partial charge >= 0.3 is 114 Å². The number of carbonyl (C=O) groups is 1. The molecule has 0 saturated heterocycles. The smallest absolute Gasteiger partial charge is 1.00 e. The Morgan fingerprint density at radius 1 is 0.652 bits per heavy atom. The number of nitrogens with zero attached hydrogens (tertiary/aromatic N) is 7. The van der Waals surface area contributed by atoms with Crippen LogP contribution in [0, 0.1) is 151 Å². The predicted molar refractivity (Wildman–Crippen MR) is 372 cm³/mol. The number of methoxy groups -OCH3 is 3. The van der Waals surface area contributed by atoms with Crippen LogP contribution >= 0.6 is 64.3 Å². The standard InChI is InChI=1S/C16H6.C12H17N3O3.C12H19N3O.C10H13N3O3.C9H4.C2H5I.CH2O3.2K.H7P5.H2.H/c1-3-5-7-9-11-13-15-16-14-12-10-8-6-4-2;1-3-14-6-4-9-8-11(15(16)17)12(18-2)13-10(9)5-7-14;1-3-15-6-4-9-8-10(13)12(16-2)14-11(9)5-7-15;1-16-10-9(13(14)15)6-7-2-4-11-5-3-8(7)12-10;1-3-5-7-9-8-6-4-2;1-2-3;2-1-4-3;;;1-4-5(2)3;;/h1-2H3;8H,3-7H2,1-2H3;8H,3-7,13H2,1-2H3;6,11H,2-5H2,1H3;1H,2H3;2H2,1H3;1,3H;;;4H,1-3H2;1H;/q;;;;;;;2*+1;;;-1/p-1. The SMILES string of the molecule is C#CC#CC#CC#CC.CC#CC#CC#CC#CC#CC#CC#CC.CCI.CCN1CCc2cc(N)c(OC)nc2CC1.CCN1CCc2cc([N+](=O)[O-])c(OC)nc2CC1.COc1nc2c(cc1[N+](=O)[O-])CCNCC2.O=CO[O-].PPP(P)P.[H-].[HH].[K+].[K+]. The van der Waals surface area contributed by atoms with Gasteiger partial charge in [-0.3, -0.25) is 25.0 Å². The number of ether oxygens (including phenoxy) is 3. The maximum absolute atomic E-state index is 10.9. The molecule has 4 unspecified atom stereocenters. The van der Waals surface area contributed by atoms with Crippen molar-refractivity contribution in [3.8, 4) is 148 Å². The molecule has 27 heteroatoms. The number of alkyl halides is 1. The van der Waals surface area contributed by atoms with Gasteiger partial charge in [0, 0.05) is 82.6 Å². The number of pyridine rings is 3. The molecule has 6 heterocycles. The Bertz CT molecular complexity index is 3360. The second kappa shape index (κ2) is 62.9. The number of rotatable bonds is 9. The second-order valence-electron chi connectivity index (χ2n) is 16.1. The molecule has 3 aliphatic rings. The third-order valence-electron chi connectivity index (χ3n) is 10.7. The number of nitro groups is 2. The molecule has 0 fully saturated rings. The Balaban J connectivity index is -0.000000237. The van der Waals surface area contributed by atoms with Crippen LogP contribution in [0.4, 0.5) is 17.1 Å². The molecule has 3 N–H and O–H groups in total. The largest absolute Gasteiger partial charge is 1.00 e. The molecule has 3 aliphatic heterocycles. The Kier molecular flexibility index (Phi) is 64.6. The van der Waals surface area contributed by atoms with E-state index in [0.717, 1.165) is 127 Å². The summed E-state index contributed by atoms with van der Waals surface area (Å²) >= 11 is 2.29. The molecule has 0 aromatic carbocycles. The molecular formula is C62H75IK2N9O10P5. The van der Waals surface area contributed by atoms with Crippen molar-refractivity contribution in [2.75, 3.05) is 83.8 Å². The zero-order valence-corrected chi connectivity index (χ0v) is 66.1. The van der Waals surface area contributed by atoms with Gasteiger partial charge in [-0.05, 0) is 200 Å². The number of aromatic nitrogens is 3. The van der Waals surface area contributed by atoms with Gasteiger partial charge in [-0.25, -0.2) is 15.0 Å². The average Bonchev–Trinajstić information content (AvgIpc) is 2.22. The van der Waals surface area contributed by atoms with Crippen molar-refractivity contribution in [3.63, 3.8) is 0 Å². The quantitative estimate of drug-likeness (QED) is 0.0355. The van der Waals surface area contributed by atoms with E-state index in [-0.39, 0.29) is 142 Å². The second-order valence-corrected chi connectivity index (χ2v) is 31.6. The summed E-state index contributed by atoms with van der Waals surface area (Å²) in [6.07, 6.45) is 10.0. The zero-order chi connectivity index (χ0) is 65.5. The van der Waals surface area contributed by atoms with Crippen molar-refractivity contribution in [2.45, 2.75) is 80.1 Å². The van der Waals surface area contributed by atoms with E-state index >= 15 is 0 Å². The van der Waals surface area contributed by atoms with Crippen LogP contribution in [0.25, 0.3) is 0 Å². The van der Waals surface area contributed by atoms with Crippen LogP contribution in [0.15, 0.2) is 18.2 Å². The maximum Gasteiger partial charge on any atom is 1.00 e. The van der Waals surface area contributed by atoms with Crippen LogP contribution in [0.5, 0.6) is 17.6 Å². The summed E-state index contributed by atoms with van der Waals surface area (Å²) in [5.74, 6) is 53.3. The van der Waals surface area contributed by atoms with Crippen LogP contribution in [-0.2, 0) is 48.2 Å². The number of hydrogen-bond donors (Lipinski definition) is 2. The van der Waals surface area contributed by atoms with Crippen molar-refractivity contribution in [1.29, 1.82) is 0 Å². The van der Waals surface area contributed by atoms with Gasteiger partial charge in [-0.15, -0.1) is 33.2 Å². The molecule has 89 heavy (non-hydrogen) atoms. The summed E-state index contributed by atoms with van der Waals surface area (Å²) in [6, 6.07) is 5.20. The number of fused-ring (bicyclic) bond motifs is 3. The van der Waals surface area contributed by atoms with E-state index in [1.807, 2.05) is 6.07 Å². The van der Waals surface area contributed by atoms with E-state index < -0.39 is 9.85 Å². The van der Waals surface area contributed by atoms with Crippen LogP contribution in [0.1, 0.15) is 78.2 Å². The average molecular weight is 1470 g/mol. The number of halogens is 1. The van der Waals surface area contributed by atoms with Crippen molar-refractivity contribution in [1.82, 2.24) is 30.1 Å². The van der Waals surface area contributed by atoms with E-state index in [1.165, 1.54) is 24.2 Å². The number of terminal acetylenes is 1. The molecule has 0 bridgehead atoms. The van der Waals surface area contributed by atoms with Gasteiger partial charge in [0.2, 0.25) is 5.88 Å². The van der Waals surface area contributed by atoms with Crippen LogP contribution in [0.2, 0.25) is 0 Å². The molecule has 0 saturated carbocycles. The molecule has 19 nitrogen and oxygen atoms in total. The van der Waals surface area contributed by atoms with Crippen molar-refractivity contribution < 1.29 is 145 Å². The van der Waals surface area contributed by atoms with Crippen LogP contribution < -0.4 is 133 Å². The minimum atomic E-state index is -0.454. The molecule has 4 atom stereocenters. The molecule has 462 valence electrons. The van der Waals surface area contributed by atoms with Gasteiger partial charge in [0.1, 0.15) is 0 Å². The Morgan fingerprint density at radius 3 is 1.27 bits per heavy atom. The topological polar surface area (TPSA) is 247 Å². The Labute approximate surface area is 638 Å². The third-order valence-corrected chi connectivity index (χ3v) is 22.7. The summed E-state index contributed by atoms with van der Waals surface area (Å²) in [5, 5.41) is 33.4. The van der Waals surface area contributed by atoms with Crippen LogP contribution in [0.3, 0.4) is 0 Å². The number of nitrogens with two attached hydrogens (primary N) is 1. The van der Waals surface area contributed by atoms with Gasteiger partial charge < -0.3 is 46.6 Å². The third kappa shape index (κ3) is 45.1. The van der Waals surface area contributed by atoms with Gasteiger partial charge in [-0.1, -0.05) is 69.1 Å². The summed E-state index contributed by atoms with van der Waals surface area (Å²) in [4.78, 5) is 49.9.